The summed E-state index contributed by atoms with van der Waals surface area (Å²) in [7, 11) is -3.58. The first-order chi connectivity index (χ1) is 11.3. The first-order valence-electron chi connectivity index (χ1n) is 7.15. The highest BCUT2D eigenvalue weighted by Crippen LogP contribution is 2.17. The Morgan fingerprint density at radius 3 is 2.21 bits per heavy atom. The lowest BCUT2D eigenvalue weighted by atomic mass is 10.2. The summed E-state index contributed by atoms with van der Waals surface area (Å²) in [6, 6.07) is 14.4. The largest absolute Gasteiger partial charge is 0.449 e. The van der Waals surface area contributed by atoms with Crippen LogP contribution in [0.3, 0.4) is 0 Å². The van der Waals surface area contributed by atoms with Crippen molar-refractivity contribution in [2.45, 2.75) is 17.9 Å². The average Bonchev–Trinajstić information content (AvgIpc) is 2.55. The van der Waals surface area contributed by atoms with E-state index >= 15 is 0 Å². The number of rotatable bonds is 5. The second-order valence-corrected chi connectivity index (χ2v) is 7.16. The molecule has 0 bridgehead atoms. The number of hydrogen-bond acceptors (Lipinski definition) is 5. The summed E-state index contributed by atoms with van der Waals surface area (Å²) in [4.78, 5) is 24.1. The SMILES string of the molecule is C[C@H](OC(=O)c1ccccc1S(C)(=O)=O)C(=O)Nc1ccccc1. The predicted octanol–water partition coefficient (Wildman–Crippen LogP) is 2.27. The molecule has 2 aromatic carbocycles. The molecule has 1 amide bonds. The van der Waals surface area contributed by atoms with Crippen molar-refractivity contribution in [2.75, 3.05) is 11.6 Å². The Bertz CT molecular complexity index is 846. The summed E-state index contributed by atoms with van der Waals surface area (Å²) < 4.78 is 28.6. The van der Waals surface area contributed by atoms with Gasteiger partial charge >= 0.3 is 5.97 Å². The van der Waals surface area contributed by atoms with Gasteiger partial charge in [0.25, 0.3) is 5.91 Å². The van der Waals surface area contributed by atoms with Gasteiger partial charge in [-0.1, -0.05) is 30.3 Å². The summed E-state index contributed by atoms with van der Waals surface area (Å²) in [6.07, 6.45) is -0.0738. The molecule has 0 aliphatic rings. The fourth-order valence-electron chi connectivity index (χ4n) is 2.00. The molecule has 1 atom stereocenters. The van der Waals surface area contributed by atoms with E-state index in [0.29, 0.717) is 5.69 Å². The number of para-hydroxylation sites is 1. The zero-order valence-corrected chi connectivity index (χ0v) is 14.0. The van der Waals surface area contributed by atoms with Gasteiger partial charge in [0.2, 0.25) is 0 Å². The topological polar surface area (TPSA) is 89.5 Å². The van der Waals surface area contributed by atoms with Crippen molar-refractivity contribution in [3.63, 3.8) is 0 Å². The Hall–Kier alpha value is -2.67. The van der Waals surface area contributed by atoms with Crippen molar-refractivity contribution >= 4 is 27.4 Å². The van der Waals surface area contributed by atoms with Gasteiger partial charge in [0.05, 0.1) is 10.5 Å². The van der Waals surface area contributed by atoms with Crippen LogP contribution in [0, 0.1) is 0 Å². The molecule has 0 unspecified atom stereocenters. The normalized spacial score (nSPS) is 12.2. The monoisotopic (exact) mass is 347 g/mol. The van der Waals surface area contributed by atoms with Crippen LogP contribution in [0.15, 0.2) is 59.5 Å². The first kappa shape index (κ1) is 17.7. The predicted molar refractivity (Wildman–Crippen MR) is 89.5 cm³/mol. The molecule has 7 heteroatoms. The molecule has 0 spiro atoms. The highest BCUT2D eigenvalue weighted by Gasteiger charge is 2.23. The van der Waals surface area contributed by atoms with E-state index in [0.717, 1.165) is 6.26 Å². The van der Waals surface area contributed by atoms with Gasteiger partial charge in [-0.05, 0) is 31.2 Å². The van der Waals surface area contributed by atoms with Gasteiger partial charge in [-0.25, -0.2) is 13.2 Å². The van der Waals surface area contributed by atoms with Crippen LogP contribution in [0.25, 0.3) is 0 Å². The van der Waals surface area contributed by atoms with Gasteiger partial charge in [0, 0.05) is 11.9 Å². The van der Waals surface area contributed by atoms with E-state index in [1.54, 1.807) is 30.3 Å². The second kappa shape index (κ2) is 7.27. The lowest BCUT2D eigenvalue weighted by Gasteiger charge is -2.14. The Labute approximate surface area is 140 Å². The quantitative estimate of drug-likeness (QED) is 0.838. The number of nitrogens with one attached hydrogen (secondary N) is 1. The van der Waals surface area contributed by atoms with Crippen molar-refractivity contribution in [3.05, 3.63) is 60.2 Å². The summed E-state index contributed by atoms with van der Waals surface area (Å²) in [5.74, 6) is -1.38. The van der Waals surface area contributed by atoms with Gasteiger partial charge < -0.3 is 10.1 Å². The third kappa shape index (κ3) is 4.42. The molecule has 0 heterocycles. The summed E-state index contributed by atoms with van der Waals surface area (Å²) in [5.41, 5.74) is 0.473. The smallest absolute Gasteiger partial charge is 0.340 e. The molecule has 0 saturated carbocycles. The molecule has 0 radical (unpaired) electrons. The van der Waals surface area contributed by atoms with E-state index in [9.17, 15) is 18.0 Å². The summed E-state index contributed by atoms with van der Waals surface area (Å²) in [6.45, 7) is 1.42. The van der Waals surface area contributed by atoms with Gasteiger partial charge in [-0.3, -0.25) is 4.79 Å². The highest BCUT2D eigenvalue weighted by molar-refractivity contribution is 7.90. The van der Waals surface area contributed by atoms with Gasteiger partial charge in [0.1, 0.15) is 0 Å². The fraction of sp³-hybridized carbons (Fsp3) is 0.176. The molecule has 0 aromatic heterocycles. The van der Waals surface area contributed by atoms with Crippen LogP contribution in [0.2, 0.25) is 0 Å². The minimum Gasteiger partial charge on any atom is -0.449 e. The lowest BCUT2D eigenvalue weighted by molar-refractivity contribution is -0.123. The number of hydrogen-bond donors (Lipinski definition) is 1. The van der Waals surface area contributed by atoms with Crippen LogP contribution in [0.1, 0.15) is 17.3 Å². The van der Waals surface area contributed by atoms with Gasteiger partial charge in [-0.2, -0.15) is 0 Å². The van der Waals surface area contributed by atoms with E-state index < -0.39 is 27.8 Å². The third-order valence-electron chi connectivity index (χ3n) is 3.20. The Kier molecular flexibility index (Phi) is 5.35. The van der Waals surface area contributed by atoms with E-state index in [1.807, 2.05) is 0 Å². The number of carbonyl (C=O) groups is 2. The molecule has 0 saturated heterocycles. The number of carbonyl (C=O) groups excluding carboxylic acids is 2. The van der Waals surface area contributed by atoms with E-state index in [2.05, 4.69) is 5.32 Å². The van der Waals surface area contributed by atoms with Crippen molar-refractivity contribution in [2.24, 2.45) is 0 Å². The molecule has 0 aliphatic carbocycles. The summed E-state index contributed by atoms with van der Waals surface area (Å²) in [5, 5.41) is 2.61. The molecule has 1 N–H and O–H groups in total. The van der Waals surface area contributed by atoms with Crippen molar-refractivity contribution in [1.82, 2.24) is 0 Å². The van der Waals surface area contributed by atoms with Crippen molar-refractivity contribution < 1.29 is 22.7 Å². The number of benzene rings is 2. The van der Waals surface area contributed by atoms with Crippen molar-refractivity contribution in [3.8, 4) is 0 Å². The Balaban J connectivity index is 2.11. The number of sulfone groups is 1. The zero-order valence-electron chi connectivity index (χ0n) is 13.2. The molecular weight excluding hydrogens is 330 g/mol. The number of ether oxygens (including phenoxy) is 1. The zero-order chi connectivity index (χ0) is 17.7. The lowest BCUT2D eigenvalue weighted by Crippen LogP contribution is -2.30. The number of anilines is 1. The van der Waals surface area contributed by atoms with Crippen LogP contribution in [-0.2, 0) is 19.4 Å². The molecule has 0 aliphatic heterocycles. The Morgan fingerprint density at radius 2 is 1.58 bits per heavy atom. The fourth-order valence-corrected chi connectivity index (χ4v) is 2.88. The first-order valence-corrected chi connectivity index (χ1v) is 9.04. The highest BCUT2D eigenvalue weighted by atomic mass is 32.2. The minimum absolute atomic E-state index is 0.0978. The van der Waals surface area contributed by atoms with Gasteiger partial charge in [-0.15, -0.1) is 0 Å². The maximum atomic E-state index is 12.2. The third-order valence-corrected chi connectivity index (χ3v) is 4.36. The van der Waals surface area contributed by atoms with Crippen LogP contribution in [0.5, 0.6) is 0 Å². The molecule has 2 rings (SSSR count). The van der Waals surface area contributed by atoms with E-state index in [1.165, 1.54) is 31.2 Å². The number of amides is 1. The van der Waals surface area contributed by atoms with E-state index in [-0.39, 0.29) is 10.5 Å². The van der Waals surface area contributed by atoms with Crippen LogP contribution in [0.4, 0.5) is 5.69 Å². The molecule has 6 nitrogen and oxygen atoms in total. The second-order valence-electron chi connectivity index (χ2n) is 5.17. The molecule has 2 aromatic rings. The molecule has 126 valence electrons. The van der Waals surface area contributed by atoms with Crippen molar-refractivity contribution in [1.29, 1.82) is 0 Å². The van der Waals surface area contributed by atoms with E-state index in [4.69, 9.17) is 4.74 Å². The average molecular weight is 347 g/mol. The Morgan fingerprint density at radius 1 is 1.00 bits per heavy atom. The molecule has 24 heavy (non-hydrogen) atoms. The molecule has 0 fully saturated rings. The summed E-state index contributed by atoms with van der Waals surface area (Å²) >= 11 is 0. The van der Waals surface area contributed by atoms with Gasteiger partial charge in [0.15, 0.2) is 15.9 Å². The van der Waals surface area contributed by atoms with Crippen LogP contribution < -0.4 is 5.32 Å². The maximum Gasteiger partial charge on any atom is 0.340 e. The standard InChI is InChI=1S/C17H17NO5S/c1-12(16(19)18-13-8-4-3-5-9-13)23-17(20)14-10-6-7-11-15(14)24(2,21)22/h3-12H,1-2H3,(H,18,19)/t12-/m0/s1. The van der Waals surface area contributed by atoms with Crippen LogP contribution >= 0.6 is 0 Å². The minimum atomic E-state index is -3.58. The van der Waals surface area contributed by atoms with Crippen LogP contribution in [-0.4, -0.2) is 32.7 Å². The molecular formula is C17H17NO5S. The number of esters is 1. The maximum absolute atomic E-state index is 12.2.